The zero-order valence-electron chi connectivity index (χ0n) is 11.5. The van der Waals surface area contributed by atoms with Crippen molar-refractivity contribution in [1.82, 2.24) is 0 Å². The maximum absolute atomic E-state index is 2.30. The van der Waals surface area contributed by atoms with Crippen molar-refractivity contribution < 1.29 is 0 Å². The molecule has 1 rings (SSSR count). The van der Waals surface area contributed by atoms with Crippen LogP contribution in [0.25, 0.3) is 0 Å². The van der Waals surface area contributed by atoms with Crippen LogP contribution in [0.5, 0.6) is 0 Å². The van der Waals surface area contributed by atoms with E-state index >= 15 is 0 Å². The second kappa shape index (κ2) is 10.2. The SMILES string of the molecule is CCCCCCCCCC1CCCCCC1. The fourth-order valence-electron chi connectivity index (χ4n) is 3.04. The van der Waals surface area contributed by atoms with Crippen molar-refractivity contribution in [3.8, 4) is 0 Å². The standard InChI is InChI=1S/C16H32/c1-2-3-4-5-6-7-10-13-16-14-11-8-9-12-15-16/h16H,2-15H2,1H3. The fourth-order valence-corrected chi connectivity index (χ4v) is 3.04. The molecule has 0 aromatic carbocycles. The van der Waals surface area contributed by atoms with E-state index in [4.69, 9.17) is 0 Å². The minimum absolute atomic E-state index is 1.10. The van der Waals surface area contributed by atoms with Gasteiger partial charge in [0.2, 0.25) is 0 Å². The smallest absolute Gasteiger partial charge is 0.0414 e. The van der Waals surface area contributed by atoms with E-state index in [1.54, 1.807) is 0 Å². The first-order valence-electron chi connectivity index (χ1n) is 7.93. The van der Waals surface area contributed by atoms with Gasteiger partial charge in [-0.15, -0.1) is 0 Å². The second-order valence-electron chi connectivity index (χ2n) is 5.77. The molecule has 1 saturated carbocycles. The van der Waals surface area contributed by atoms with Gasteiger partial charge in [-0.1, -0.05) is 96.8 Å². The van der Waals surface area contributed by atoms with E-state index in [0.29, 0.717) is 0 Å². The van der Waals surface area contributed by atoms with E-state index in [2.05, 4.69) is 6.92 Å². The molecular weight excluding hydrogens is 192 g/mol. The summed E-state index contributed by atoms with van der Waals surface area (Å²) >= 11 is 0. The third-order valence-electron chi connectivity index (χ3n) is 4.19. The van der Waals surface area contributed by atoms with Gasteiger partial charge in [-0.3, -0.25) is 0 Å². The van der Waals surface area contributed by atoms with Crippen molar-refractivity contribution in [2.45, 2.75) is 96.8 Å². The molecule has 0 heterocycles. The van der Waals surface area contributed by atoms with Gasteiger partial charge in [0.15, 0.2) is 0 Å². The van der Waals surface area contributed by atoms with Crippen LogP contribution in [-0.2, 0) is 0 Å². The van der Waals surface area contributed by atoms with Gasteiger partial charge in [0.05, 0.1) is 0 Å². The first-order chi connectivity index (χ1) is 7.93. The number of rotatable bonds is 8. The van der Waals surface area contributed by atoms with E-state index < -0.39 is 0 Å². The van der Waals surface area contributed by atoms with Crippen LogP contribution in [0.3, 0.4) is 0 Å². The highest BCUT2D eigenvalue weighted by molar-refractivity contribution is 4.64. The van der Waals surface area contributed by atoms with Gasteiger partial charge in [0, 0.05) is 0 Å². The van der Waals surface area contributed by atoms with Crippen LogP contribution in [0.2, 0.25) is 0 Å². The molecule has 0 bridgehead atoms. The minimum Gasteiger partial charge on any atom is -0.0654 e. The molecule has 1 aliphatic rings. The summed E-state index contributed by atoms with van der Waals surface area (Å²) in [7, 11) is 0. The number of unbranched alkanes of at least 4 members (excludes halogenated alkanes) is 6. The third-order valence-corrected chi connectivity index (χ3v) is 4.19. The van der Waals surface area contributed by atoms with Gasteiger partial charge in [-0.25, -0.2) is 0 Å². The first kappa shape index (κ1) is 14.1. The van der Waals surface area contributed by atoms with E-state index in [-0.39, 0.29) is 0 Å². The van der Waals surface area contributed by atoms with Crippen LogP contribution < -0.4 is 0 Å². The summed E-state index contributed by atoms with van der Waals surface area (Å²) in [6.45, 7) is 2.30. The van der Waals surface area contributed by atoms with Crippen molar-refractivity contribution in [2.75, 3.05) is 0 Å². The molecule has 0 N–H and O–H groups in total. The van der Waals surface area contributed by atoms with Crippen LogP contribution in [0.1, 0.15) is 96.8 Å². The van der Waals surface area contributed by atoms with Crippen molar-refractivity contribution in [3.05, 3.63) is 0 Å². The highest BCUT2D eigenvalue weighted by Gasteiger charge is 2.11. The summed E-state index contributed by atoms with van der Waals surface area (Å²) in [5.41, 5.74) is 0. The summed E-state index contributed by atoms with van der Waals surface area (Å²) < 4.78 is 0. The van der Waals surface area contributed by atoms with Crippen LogP contribution >= 0.6 is 0 Å². The van der Waals surface area contributed by atoms with Gasteiger partial charge in [0.25, 0.3) is 0 Å². The Morgan fingerprint density at radius 2 is 1.25 bits per heavy atom. The lowest BCUT2D eigenvalue weighted by Crippen LogP contribution is -1.98. The van der Waals surface area contributed by atoms with E-state index in [9.17, 15) is 0 Å². The Balaban J connectivity index is 1.86. The summed E-state index contributed by atoms with van der Waals surface area (Å²) in [5, 5.41) is 0. The molecule has 0 spiro atoms. The molecule has 1 aliphatic carbocycles. The van der Waals surface area contributed by atoms with Crippen molar-refractivity contribution >= 4 is 0 Å². The molecule has 0 aromatic heterocycles. The van der Waals surface area contributed by atoms with Crippen LogP contribution in [0, 0.1) is 5.92 Å². The molecular formula is C16H32. The lowest BCUT2D eigenvalue weighted by molar-refractivity contribution is 0.404. The lowest BCUT2D eigenvalue weighted by Gasteiger charge is -2.13. The Bertz CT molecular complexity index is 131. The van der Waals surface area contributed by atoms with Crippen molar-refractivity contribution in [2.24, 2.45) is 5.92 Å². The van der Waals surface area contributed by atoms with Crippen molar-refractivity contribution in [3.63, 3.8) is 0 Å². The predicted octanol–water partition coefficient (Wildman–Crippen LogP) is 6.10. The highest BCUT2D eigenvalue weighted by Crippen LogP contribution is 2.27. The van der Waals surface area contributed by atoms with Gasteiger partial charge in [0.1, 0.15) is 0 Å². The fraction of sp³-hybridized carbons (Fsp3) is 1.00. The molecule has 0 atom stereocenters. The topological polar surface area (TPSA) is 0 Å². The summed E-state index contributed by atoms with van der Waals surface area (Å²) in [6, 6.07) is 0. The molecule has 0 saturated heterocycles. The molecule has 0 heteroatoms. The van der Waals surface area contributed by atoms with Gasteiger partial charge in [-0.2, -0.15) is 0 Å². The first-order valence-corrected chi connectivity index (χ1v) is 7.93. The molecule has 0 aromatic rings. The average Bonchev–Trinajstić information content (AvgIpc) is 2.56. The summed E-state index contributed by atoms with van der Waals surface area (Å²) in [5.74, 6) is 1.10. The molecule has 0 amide bonds. The van der Waals surface area contributed by atoms with Crippen LogP contribution in [0.15, 0.2) is 0 Å². The molecule has 1 fully saturated rings. The van der Waals surface area contributed by atoms with E-state index in [0.717, 1.165) is 5.92 Å². The Kier molecular flexibility index (Phi) is 8.94. The van der Waals surface area contributed by atoms with E-state index in [1.165, 1.54) is 89.9 Å². The highest BCUT2D eigenvalue weighted by atomic mass is 14.2. The third kappa shape index (κ3) is 7.30. The van der Waals surface area contributed by atoms with Gasteiger partial charge < -0.3 is 0 Å². The van der Waals surface area contributed by atoms with Gasteiger partial charge >= 0.3 is 0 Å². The lowest BCUT2D eigenvalue weighted by atomic mass is 9.93. The molecule has 16 heavy (non-hydrogen) atoms. The van der Waals surface area contributed by atoms with Gasteiger partial charge in [-0.05, 0) is 5.92 Å². The maximum Gasteiger partial charge on any atom is -0.0414 e. The van der Waals surface area contributed by atoms with Crippen LogP contribution in [0.4, 0.5) is 0 Å². The van der Waals surface area contributed by atoms with Crippen LogP contribution in [-0.4, -0.2) is 0 Å². The monoisotopic (exact) mass is 224 g/mol. The van der Waals surface area contributed by atoms with Crippen molar-refractivity contribution in [1.29, 1.82) is 0 Å². The molecule has 0 aliphatic heterocycles. The Hall–Kier alpha value is 0. The summed E-state index contributed by atoms with van der Waals surface area (Å²) in [4.78, 5) is 0. The zero-order chi connectivity index (χ0) is 11.5. The number of hydrogen-bond acceptors (Lipinski definition) is 0. The maximum atomic E-state index is 2.30. The zero-order valence-corrected chi connectivity index (χ0v) is 11.5. The molecule has 0 unspecified atom stereocenters. The molecule has 0 nitrogen and oxygen atoms in total. The largest absolute Gasteiger partial charge is 0.0654 e. The Labute approximate surface area is 103 Å². The minimum atomic E-state index is 1.10. The normalized spacial score (nSPS) is 18.6. The summed E-state index contributed by atoms with van der Waals surface area (Å²) in [6.07, 6.45) is 20.9. The predicted molar refractivity (Wildman–Crippen MR) is 73.8 cm³/mol. The number of hydrogen-bond donors (Lipinski definition) is 0. The Morgan fingerprint density at radius 3 is 1.88 bits per heavy atom. The Morgan fingerprint density at radius 1 is 0.688 bits per heavy atom. The molecule has 96 valence electrons. The second-order valence-corrected chi connectivity index (χ2v) is 5.77. The molecule has 0 radical (unpaired) electrons. The van der Waals surface area contributed by atoms with E-state index in [1.807, 2.05) is 0 Å². The quantitative estimate of drug-likeness (QED) is 0.345. The average molecular weight is 224 g/mol.